The molecule has 0 saturated carbocycles. The van der Waals surface area contributed by atoms with Gasteiger partial charge in [0.2, 0.25) is 0 Å². The van der Waals surface area contributed by atoms with Gasteiger partial charge in [0.1, 0.15) is 5.65 Å². The number of Topliss-reactive ketones (excluding diaryl/α,β-unsaturated/α-hetero) is 1. The van der Waals surface area contributed by atoms with Gasteiger partial charge in [-0.1, -0.05) is 13.8 Å². The van der Waals surface area contributed by atoms with Gasteiger partial charge in [0.15, 0.2) is 5.78 Å². The van der Waals surface area contributed by atoms with Gasteiger partial charge in [0.25, 0.3) is 5.56 Å². The molecule has 0 fully saturated rings. The van der Waals surface area contributed by atoms with E-state index in [-0.39, 0.29) is 24.3 Å². The van der Waals surface area contributed by atoms with Gasteiger partial charge in [-0.2, -0.15) is 0 Å². The average Bonchev–Trinajstić information content (AvgIpc) is 2.50. The van der Waals surface area contributed by atoms with E-state index in [1.165, 1.54) is 10.8 Å². The van der Waals surface area contributed by atoms with Crippen molar-refractivity contribution < 1.29 is 4.79 Å². The third-order valence-corrected chi connectivity index (χ3v) is 4.61. The molecule has 0 saturated heterocycles. The Morgan fingerprint density at radius 2 is 1.92 bits per heavy atom. The van der Waals surface area contributed by atoms with Crippen LogP contribution in [0.5, 0.6) is 0 Å². The van der Waals surface area contributed by atoms with Gasteiger partial charge in [0, 0.05) is 37.8 Å². The molecule has 0 bridgehead atoms. The van der Waals surface area contributed by atoms with Crippen molar-refractivity contribution in [2.75, 3.05) is 6.54 Å². The maximum Gasteiger partial charge on any atom is 0.332 e. The molecule has 0 atom stereocenters. The summed E-state index contributed by atoms with van der Waals surface area (Å²) in [5.74, 6) is -0.00493. The quantitative estimate of drug-likeness (QED) is 0.892. The van der Waals surface area contributed by atoms with E-state index in [9.17, 15) is 14.4 Å². The van der Waals surface area contributed by atoms with Crippen molar-refractivity contribution >= 4 is 16.8 Å². The zero-order valence-electron chi connectivity index (χ0n) is 14.3. The first-order valence-electron chi connectivity index (χ1n) is 8.19. The molecule has 3 rings (SSSR count). The van der Waals surface area contributed by atoms with Crippen molar-refractivity contribution in [3.8, 4) is 0 Å². The number of pyridine rings is 1. The van der Waals surface area contributed by atoms with E-state index in [1.54, 1.807) is 0 Å². The highest BCUT2D eigenvalue weighted by Crippen LogP contribution is 2.36. The van der Waals surface area contributed by atoms with Gasteiger partial charge in [-0.3, -0.25) is 18.7 Å². The van der Waals surface area contributed by atoms with Crippen LogP contribution in [0.1, 0.15) is 43.1 Å². The van der Waals surface area contributed by atoms with Gasteiger partial charge in [0.05, 0.1) is 5.39 Å². The third-order valence-electron chi connectivity index (χ3n) is 4.61. The molecular weight excluding hydrogens is 308 g/mol. The number of carbonyl (C=O) groups is 1. The van der Waals surface area contributed by atoms with Crippen LogP contribution in [0.3, 0.4) is 0 Å². The lowest BCUT2D eigenvalue weighted by molar-refractivity contribution is 0.0912. The lowest BCUT2D eigenvalue weighted by Crippen LogP contribution is -2.42. The topological polar surface area (TPSA) is 100.0 Å². The van der Waals surface area contributed by atoms with Crippen molar-refractivity contribution in [1.82, 2.24) is 14.1 Å². The number of rotatable bonds is 3. The number of hydrogen-bond acceptors (Lipinski definition) is 5. The summed E-state index contributed by atoms with van der Waals surface area (Å²) in [7, 11) is 0. The largest absolute Gasteiger partial charge is 0.332 e. The first-order chi connectivity index (χ1) is 11.3. The number of nitrogens with two attached hydrogens (primary N) is 1. The number of fused-ring (bicyclic) bond motifs is 3. The maximum atomic E-state index is 12.9. The van der Waals surface area contributed by atoms with Crippen LogP contribution in [0, 0.1) is 5.41 Å². The number of aryl methyl sites for hydroxylation is 1. The zero-order valence-corrected chi connectivity index (χ0v) is 14.3. The molecule has 128 valence electrons. The van der Waals surface area contributed by atoms with Gasteiger partial charge < -0.3 is 5.73 Å². The van der Waals surface area contributed by atoms with Crippen LogP contribution < -0.4 is 17.0 Å². The minimum Gasteiger partial charge on any atom is -0.329 e. The summed E-state index contributed by atoms with van der Waals surface area (Å²) in [6.07, 6.45) is 2.54. The molecule has 0 unspecified atom stereocenters. The number of nitrogens with zero attached hydrogens (tertiary/aromatic N) is 3. The summed E-state index contributed by atoms with van der Waals surface area (Å²) in [6.45, 7) is 6.58. The molecule has 0 amide bonds. The fourth-order valence-corrected chi connectivity index (χ4v) is 3.53. The number of ketones is 1. The minimum absolute atomic E-state index is 0.00493. The standard InChI is InChI=1S/C17H22N4O3/c1-4-20-14-13(15(23)21(6-5-18)16(20)24)10-7-17(2,3)8-12(22)11(10)9-19-14/h9H,4-8,18H2,1-3H3. The molecule has 7 heteroatoms. The summed E-state index contributed by atoms with van der Waals surface area (Å²) in [5, 5.41) is 0.378. The Morgan fingerprint density at radius 3 is 2.54 bits per heavy atom. The van der Waals surface area contributed by atoms with Crippen molar-refractivity contribution in [3.63, 3.8) is 0 Å². The Morgan fingerprint density at radius 1 is 1.21 bits per heavy atom. The molecule has 2 aromatic rings. The summed E-state index contributed by atoms with van der Waals surface area (Å²) < 4.78 is 2.62. The molecule has 2 aromatic heterocycles. The highest BCUT2D eigenvalue weighted by molar-refractivity contribution is 6.02. The van der Waals surface area contributed by atoms with Gasteiger partial charge >= 0.3 is 5.69 Å². The molecule has 0 aliphatic heterocycles. The van der Waals surface area contributed by atoms with Crippen LogP contribution in [0.25, 0.3) is 11.0 Å². The molecule has 2 N–H and O–H groups in total. The molecule has 1 aliphatic carbocycles. The third kappa shape index (κ3) is 2.39. The highest BCUT2D eigenvalue weighted by Gasteiger charge is 2.34. The summed E-state index contributed by atoms with van der Waals surface area (Å²) >= 11 is 0. The van der Waals surface area contributed by atoms with E-state index in [2.05, 4.69) is 4.98 Å². The Balaban J connectivity index is 2.49. The minimum atomic E-state index is -0.408. The van der Waals surface area contributed by atoms with Crippen molar-refractivity contribution in [1.29, 1.82) is 0 Å². The zero-order chi connectivity index (χ0) is 17.6. The monoisotopic (exact) mass is 330 g/mol. The van der Waals surface area contributed by atoms with Crippen LogP contribution >= 0.6 is 0 Å². The molecular formula is C17H22N4O3. The van der Waals surface area contributed by atoms with E-state index >= 15 is 0 Å². The fourth-order valence-electron chi connectivity index (χ4n) is 3.53. The predicted octanol–water partition coefficient (Wildman–Crippen LogP) is 0.692. The Hall–Kier alpha value is -2.28. The van der Waals surface area contributed by atoms with Crippen molar-refractivity contribution in [2.45, 2.75) is 46.7 Å². The van der Waals surface area contributed by atoms with Gasteiger partial charge in [-0.25, -0.2) is 9.78 Å². The van der Waals surface area contributed by atoms with Crippen LogP contribution in [0.4, 0.5) is 0 Å². The molecule has 7 nitrogen and oxygen atoms in total. The second-order valence-electron chi connectivity index (χ2n) is 7.06. The summed E-state index contributed by atoms with van der Waals surface area (Å²) in [6, 6.07) is 0. The Bertz CT molecular complexity index is 953. The smallest absolute Gasteiger partial charge is 0.329 e. The lowest BCUT2D eigenvalue weighted by Gasteiger charge is -2.30. The summed E-state index contributed by atoms with van der Waals surface area (Å²) in [5.41, 5.74) is 6.08. The van der Waals surface area contributed by atoms with Crippen LogP contribution in [-0.4, -0.2) is 26.4 Å². The summed E-state index contributed by atoms with van der Waals surface area (Å²) in [4.78, 5) is 42.2. The molecule has 2 heterocycles. The Kier molecular flexibility index (Phi) is 3.91. The number of aromatic nitrogens is 3. The molecule has 24 heavy (non-hydrogen) atoms. The van der Waals surface area contributed by atoms with E-state index in [1.807, 2.05) is 20.8 Å². The molecule has 0 spiro atoms. The second-order valence-corrected chi connectivity index (χ2v) is 7.06. The lowest BCUT2D eigenvalue weighted by atomic mass is 9.73. The second kappa shape index (κ2) is 5.66. The fraction of sp³-hybridized carbons (Fsp3) is 0.529. The first kappa shape index (κ1) is 16.6. The van der Waals surface area contributed by atoms with Crippen LogP contribution in [0.15, 0.2) is 15.8 Å². The van der Waals surface area contributed by atoms with Crippen LogP contribution in [0.2, 0.25) is 0 Å². The maximum absolute atomic E-state index is 12.9. The molecule has 0 aromatic carbocycles. The predicted molar refractivity (Wildman–Crippen MR) is 91.4 cm³/mol. The van der Waals surface area contributed by atoms with Crippen LogP contribution in [-0.2, 0) is 19.5 Å². The highest BCUT2D eigenvalue weighted by atomic mass is 16.2. The van der Waals surface area contributed by atoms with Crippen molar-refractivity contribution in [3.05, 3.63) is 38.2 Å². The van der Waals surface area contributed by atoms with E-state index in [0.29, 0.717) is 41.5 Å². The number of hydrogen-bond donors (Lipinski definition) is 1. The van der Waals surface area contributed by atoms with Gasteiger partial charge in [-0.15, -0.1) is 0 Å². The van der Waals surface area contributed by atoms with E-state index in [4.69, 9.17) is 5.73 Å². The first-order valence-corrected chi connectivity index (χ1v) is 8.19. The van der Waals surface area contributed by atoms with Gasteiger partial charge in [-0.05, 0) is 24.3 Å². The number of carbonyl (C=O) groups excluding carboxylic acids is 1. The van der Waals surface area contributed by atoms with E-state index in [0.717, 1.165) is 4.57 Å². The normalized spacial score (nSPS) is 16.4. The molecule has 0 radical (unpaired) electrons. The SMILES string of the molecule is CCn1c(=O)n(CCN)c(=O)c2c3c(cnc21)C(=O)CC(C)(C)C3. The Labute approximate surface area is 139 Å². The van der Waals surface area contributed by atoms with E-state index < -0.39 is 11.2 Å². The van der Waals surface area contributed by atoms with Crippen molar-refractivity contribution in [2.24, 2.45) is 11.1 Å². The average molecular weight is 330 g/mol. The molecule has 1 aliphatic rings.